The van der Waals surface area contributed by atoms with Gasteiger partial charge in [0, 0.05) is 24.8 Å². The number of benzene rings is 1. The minimum Gasteiger partial charge on any atom is -0.494 e. The Bertz CT molecular complexity index is 990. The monoisotopic (exact) mass is 386 g/mol. The van der Waals surface area contributed by atoms with E-state index in [9.17, 15) is 14.3 Å². The zero-order chi connectivity index (χ0) is 20.1. The predicted octanol–water partition coefficient (Wildman–Crippen LogP) is 3.41. The van der Waals surface area contributed by atoms with E-state index >= 15 is 0 Å². The fraction of sp³-hybridized carbons (Fsp3) is 0.211. The van der Waals surface area contributed by atoms with E-state index < -0.39 is 11.8 Å². The lowest BCUT2D eigenvalue weighted by Gasteiger charge is -2.08. The Hall–Kier alpha value is -3.62. The Morgan fingerprint density at radius 1 is 1.25 bits per heavy atom. The van der Waals surface area contributed by atoms with Crippen LogP contribution in [0.1, 0.15) is 15.9 Å². The highest BCUT2D eigenvalue weighted by Crippen LogP contribution is 2.32. The first-order valence-electron chi connectivity index (χ1n) is 8.47. The first-order valence-corrected chi connectivity index (χ1v) is 8.47. The number of carboxylic acids is 1. The lowest BCUT2D eigenvalue weighted by molar-refractivity contribution is 0.0698. The number of aromatic carboxylic acids is 1. The van der Waals surface area contributed by atoms with Gasteiger partial charge in [0.05, 0.1) is 7.11 Å². The molecule has 28 heavy (non-hydrogen) atoms. The van der Waals surface area contributed by atoms with Crippen molar-refractivity contribution in [3.05, 3.63) is 53.5 Å². The topological polar surface area (TPSA) is 110 Å². The highest BCUT2D eigenvalue weighted by atomic mass is 19.1. The largest absolute Gasteiger partial charge is 0.494 e. The molecular formula is C19H19FN4O4. The van der Waals surface area contributed by atoms with Crippen LogP contribution in [0.2, 0.25) is 0 Å². The fourth-order valence-electron chi connectivity index (χ4n) is 2.64. The minimum absolute atomic E-state index is 0.0156. The summed E-state index contributed by atoms with van der Waals surface area (Å²) < 4.78 is 23.8. The molecule has 3 N–H and O–H groups in total. The van der Waals surface area contributed by atoms with Gasteiger partial charge in [-0.1, -0.05) is 11.2 Å². The van der Waals surface area contributed by atoms with Gasteiger partial charge in [0.25, 0.3) is 0 Å². The summed E-state index contributed by atoms with van der Waals surface area (Å²) in [5.41, 5.74) is 1.21. The molecule has 0 atom stereocenters. The number of halogens is 1. The molecule has 0 unspecified atom stereocenters. The summed E-state index contributed by atoms with van der Waals surface area (Å²) in [4.78, 5) is 16.0. The number of aryl methyl sites for hydroxylation is 1. The van der Waals surface area contributed by atoms with Gasteiger partial charge in [-0.3, -0.25) is 0 Å². The van der Waals surface area contributed by atoms with Gasteiger partial charge in [0.15, 0.2) is 28.7 Å². The van der Waals surface area contributed by atoms with Crippen LogP contribution < -0.4 is 15.4 Å². The van der Waals surface area contributed by atoms with Crippen LogP contribution in [0, 0.1) is 12.7 Å². The molecule has 3 aromatic rings. The molecule has 9 heteroatoms. The van der Waals surface area contributed by atoms with Crippen molar-refractivity contribution in [2.75, 3.05) is 30.8 Å². The molecule has 0 saturated heterocycles. The molecule has 1 aromatic carbocycles. The summed E-state index contributed by atoms with van der Waals surface area (Å²) in [6, 6.07) is 7.72. The van der Waals surface area contributed by atoms with Crippen molar-refractivity contribution in [2.45, 2.75) is 6.92 Å². The van der Waals surface area contributed by atoms with Crippen molar-refractivity contribution in [3.8, 4) is 17.1 Å². The molecule has 0 radical (unpaired) electrons. The van der Waals surface area contributed by atoms with Gasteiger partial charge >= 0.3 is 5.97 Å². The Morgan fingerprint density at radius 3 is 2.68 bits per heavy atom. The van der Waals surface area contributed by atoms with Crippen LogP contribution in [-0.4, -0.2) is 41.4 Å². The third kappa shape index (κ3) is 4.03. The minimum atomic E-state index is -1.21. The van der Waals surface area contributed by atoms with E-state index in [1.165, 1.54) is 25.3 Å². The number of aromatic nitrogens is 2. The first-order chi connectivity index (χ1) is 13.5. The first kappa shape index (κ1) is 19.2. The molecule has 2 aromatic heterocycles. The third-order valence-electron chi connectivity index (χ3n) is 4.04. The van der Waals surface area contributed by atoms with Crippen molar-refractivity contribution in [1.82, 2.24) is 10.1 Å². The van der Waals surface area contributed by atoms with E-state index in [-0.39, 0.29) is 22.9 Å². The molecule has 0 spiro atoms. The number of hydrogen-bond acceptors (Lipinski definition) is 7. The molecule has 0 amide bonds. The van der Waals surface area contributed by atoms with Crippen molar-refractivity contribution in [1.29, 1.82) is 0 Å². The normalized spacial score (nSPS) is 10.5. The summed E-state index contributed by atoms with van der Waals surface area (Å²) in [6.45, 7) is 2.81. The number of nitrogens with zero attached hydrogens (tertiary/aromatic N) is 2. The lowest BCUT2D eigenvalue weighted by atomic mass is 10.1. The lowest BCUT2D eigenvalue weighted by Crippen LogP contribution is -2.16. The van der Waals surface area contributed by atoms with E-state index in [1.54, 1.807) is 6.20 Å². The quantitative estimate of drug-likeness (QED) is 0.505. The average Bonchev–Trinajstić information content (AvgIpc) is 3.11. The number of carboxylic acid groups (broad SMARTS) is 1. The Morgan fingerprint density at radius 2 is 2.00 bits per heavy atom. The molecule has 2 heterocycles. The number of anilines is 2. The second kappa shape index (κ2) is 8.38. The Labute approximate surface area is 160 Å². The standard InChI is InChI=1S/C19H19FN4O4/c1-11-4-3-7-21-17(11)22-8-9-23-18-15(19(25)26)16(28-24-18)12-5-6-13(20)14(10-12)27-2/h3-7,10H,8-9H2,1-2H3,(H,21,22)(H,23,24)(H,25,26). The molecule has 0 bridgehead atoms. The summed E-state index contributed by atoms with van der Waals surface area (Å²) in [5.74, 6) is -0.934. The van der Waals surface area contributed by atoms with E-state index in [4.69, 9.17) is 9.26 Å². The van der Waals surface area contributed by atoms with Crippen LogP contribution in [-0.2, 0) is 0 Å². The number of methoxy groups -OCH3 is 1. The molecular weight excluding hydrogens is 367 g/mol. The van der Waals surface area contributed by atoms with Gasteiger partial charge in [-0.15, -0.1) is 0 Å². The number of ether oxygens (including phenoxy) is 1. The van der Waals surface area contributed by atoms with E-state index in [2.05, 4.69) is 20.8 Å². The van der Waals surface area contributed by atoms with E-state index in [0.29, 0.717) is 18.7 Å². The van der Waals surface area contributed by atoms with E-state index in [0.717, 1.165) is 11.4 Å². The van der Waals surface area contributed by atoms with Crippen molar-refractivity contribution >= 4 is 17.6 Å². The SMILES string of the molecule is COc1cc(-c2onc(NCCNc3ncccc3C)c2C(=O)O)ccc1F. The maximum atomic E-state index is 13.6. The molecule has 0 aliphatic heterocycles. The summed E-state index contributed by atoms with van der Waals surface area (Å²) in [7, 11) is 1.32. The van der Waals surface area contributed by atoms with E-state index in [1.807, 2.05) is 19.1 Å². The van der Waals surface area contributed by atoms with Crippen LogP contribution in [0.3, 0.4) is 0 Å². The van der Waals surface area contributed by atoms with Gasteiger partial charge in [-0.2, -0.15) is 0 Å². The molecule has 146 valence electrons. The number of nitrogens with one attached hydrogen (secondary N) is 2. The zero-order valence-electron chi connectivity index (χ0n) is 15.3. The molecule has 0 fully saturated rings. The molecule has 0 saturated carbocycles. The number of carbonyl (C=O) groups is 1. The van der Waals surface area contributed by atoms with Crippen LogP contribution in [0.25, 0.3) is 11.3 Å². The van der Waals surface area contributed by atoms with Crippen molar-refractivity contribution in [2.24, 2.45) is 0 Å². The van der Waals surface area contributed by atoms with Crippen molar-refractivity contribution < 1.29 is 23.6 Å². The van der Waals surface area contributed by atoms with Gasteiger partial charge in [0.1, 0.15) is 5.82 Å². The van der Waals surface area contributed by atoms with Crippen LogP contribution in [0.4, 0.5) is 16.0 Å². The molecule has 8 nitrogen and oxygen atoms in total. The zero-order valence-corrected chi connectivity index (χ0v) is 15.3. The smallest absolute Gasteiger partial charge is 0.343 e. The van der Waals surface area contributed by atoms with Crippen LogP contribution in [0.5, 0.6) is 5.75 Å². The van der Waals surface area contributed by atoms with Crippen molar-refractivity contribution in [3.63, 3.8) is 0 Å². The summed E-state index contributed by atoms with van der Waals surface area (Å²) in [6.07, 6.45) is 1.69. The van der Waals surface area contributed by atoms with Gasteiger partial charge in [-0.25, -0.2) is 14.2 Å². The van der Waals surface area contributed by atoms with Gasteiger partial charge < -0.3 is 25.0 Å². The second-order valence-corrected chi connectivity index (χ2v) is 5.91. The number of hydrogen-bond donors (Lipinski definition) is 3. The highest BCUT2D eigenvalue weighted by molar-refractivity contribution is 5.99. The Balaban J connectivity index is 1.74. The number of pyridine rings is 1. The molecule has 3 rings (SSSR count). The van der Waals surface area contributed by atoms with Crippen LogP contribution >= 0.6 is 0 Å². The second-order valence-electron chi connectivity index (χ2n) is 5.91. The number of rotatable bonds is 8. The Kier molecular flexibility index (Phi) is 5.73. The summed E-state index contributed by atoms with van der Waals surface area (Å²) >= 11 is 0. The maximum Gasteiger partial charge on any atom is 0.343 e. The highest BCUT2D eigenvalue weighted by Gasteiger charge is 2.24. The maximum absolute atomic E-state index is 13.6. The third-order valence-corrected chi connectivity index (χ3v) is 4.04. The molecule has 0 aliphatic carbocycles. The predicted molar refractivity (Wildman–Crippen MR) is 101 cm³/mol. The van der Waals surface area contributed by atoms with Gasteiger partial charge in [0.2, 0.25) is 0 Å². The average molecular weight is 386 g/mol. The van der Waals surface area contributed by atoms with Gasteiger partial charge in [-0.05, 0) is 36.8 Å². The summed E-state index contributed by atoms with van der Waals surface area (Å²) in [5, 5.41) is 19.5. The fourth-order valence-corrected chi connectivity index (χ4v) is 2.64. The molecule has 0 aliphatic rings. The van der Waals surface area contributed by atoms with Crippen LogP contribution in [0.15, 0.2) is 41.1 Å².